The molecule has 4 heteroatoms. The molecule has 0 aliphatic heterocycles. The number of carbonyl (C=O) groups excluding carboxylic acids is 1. The molecule has 0 bridgehead atoms. The van der Waals surface area contributed by atoms with Crippen molar-refractivity contribution in [2.45, 2.75) is 11.8 Å². The Bertz CT molecular complexity index is 867. The second-order valence-corrected chi connectivity index (χ2v) is 6.51. The lowest BCUT2D eigenvalue weighted by molar-refractivity contribution is -0.118. The van der Waals surface area contributed by atoms with Crippen molar-refractivity contribution in [3.8, 4) is 0 Å². The van der Waals surface area contributed by atoms with Crippen LogP contribution in [0.2, 0.25) is 0 Å². The van der Waals surface area contributed by atoms with Crippen LogP contribution in [0.15, 0.2) is 76.7 Å². The van der Waals surface area contributed by atoms with Gasteiger partial charge >= 0.3 is 0 Å². The molecule has 0 fully saturated rings. The second-order valence-electron chi connectivity index (χ2n) is 5.46. The predicted octanol–water partition coefficient (Wildman–Crippen LogP) is 4.39. The third-order valence-electron chi connectivity index (χ3n) is 3.61. The van der Waals surface area contributed by atoms with Gasteiger partial charge in [-0.1, -0.05) is 60.2 Å². The number of rotatable bonds is 5. The minimum absolute atomic E-state index is 0.114. The molecule has 24 heavy (non-hydrogen) atoms. The molecule has 3 aromatic rings. The van der Waals surface area contributed by atoms with Crippen molar-refractivity contribution >= 4 is 34.7 Å². The van der Waals surface area contributed by atoms with Crippen LogP contribution in [0.25, 0.3) is 10.8 Å². The number of nitrogens with zero attached hydrogens (tertiary/aromatic N) is 1. The highest BCUT2D eigenvalue weighted by atomic mass is 32.2. The van der Waals surface area contributed by atoms with Gasteiger partial charge in [-0.2, -0.15) is 5.10 Å². The van der Waals surface area contributed by atoms with E-state index in [0.29, 0.717) is 5.75 Å². The lowest BCUT2D eigenvalue weighted by Gasteiger charge is -2.03. The van der Waals surface area contributed by atoms with Crippen LogP contribution in [0.5, 0.6) is 0 Å². The zero-order valence-electron chi connectivity index (χ0n) is 13.4. The van der Waals surface area contributed by atoms with Crippen LogP contribution in [0.4, 0.5) is 0 Å². The fraction of sp³-hybridized carbons (Fsp3) is 0.100. The summed E-state index contributed by atoms with van der Waals surface area (Å²) in [5.41, 5.74) is 4.78. The van der Waals surface area contributed by atoms with Gasteiger partial charge in [0.1, 0.15) is 0 Å². The van der Waals surface area contributed by atoms with Crippen LogP contribution in [-0.2, 0) is 4.79 Å². The van der Waals surface area contributed by atoms with Gasteiger partial charge in [-0.05, 0) is 29.8 Å². The molecule has 0 aliphatic rings. The van der Waals surface area contributed by atoms with Gasteiger partial charge in [-0.3, -0.25) is 4.79 Å². The van der Waals surface area contributed by atoms with Crippen molar-refractivity contribution in [2.75, 3.05) is 5.75 Å². The maximum atomic E-state index is 11.9. The van der Waals surface area contributed by atoms with Crippen molar-refractivity contribution in [3.05, 3.63) is 77.9 Å². The van der Waals surface area contributed by atoms with Crippen molar-refractivity contribution in [2.24, 2.45) is 5.10 Å². The molecule has 0 heterocycles. The first-order valence-electron chi connectivity index (χ1n) is 7.71. The van der Waals surface area contributed by atoms with E-state index >= 15 is 0 Å². The summed E-state index contributed by atoms with van der Waals surface area (Å²) < 4.78 is 0. The maximum absolute atomic E-state index is 11.9. The van der Waals surface area contributed by atoms with E-state index < -0.39 is 0 Å². The van der Waals surface area contributed by atoms with E-state index in [9.17, 15) is 4.79 Å². The fourth-order valence-corrected chi connectivity index (χ4v) is 3.04. The highest BCUT2D eigenvalue weighted by molar-refractivity contribution is 8.00. The van der Waals surface area contributed by atoms with Crippen molar-refractivity contribution in [1.82, 2.24) is 5.43 Å². The monoisotopic (exact) mass is 334 g/mol. The molecule has 0 unspecified atom stereocenters. The Balaban J connectivity index is 1.57. The Hall–Kier alpha value is -2.59. The zero-order valence-corrected chi connectivity index (χ0v) is 14.2. The topological polar surface area (TPSA) is 41.5 Å². The van der Waals surface area contributed by atoms with Gasteiger partial charge < -0.3 is 0 Å². The Morgan fingerprint density at radius 2 is 1.79 bits per heavy atom. The summed E-state index contributed by atoms with van der Waals surface area (Å²) in [6.07, 6.45) is 1.69. The molecule has 3 aromatic carbocycles. The van der Waals surface area contributed by atoms with Gasteiger partial charge in [0.05, 0.1) is 12.0 Å². The normalized spacial score (nSPS) is 11.0. The third kappa shape index (κ3) is 4.24. The number of fused-ring (bicyclic) bond motifs is 1. The number of amides is 1. The van der Waals surface area contributed by atoms with Crippen LogP contribution in [0.3, 0.4) is 0 Å². The van der Waals surface area contributed by atoms with Gasteiger partial charge in [0, 0.05) is 10.5 Å². The molecule has 120 valence electrons. The van der Waals surface area contributed by atoms with E-state index in [-0.39, 0.29) is 5.91 Å². The minimum Gasteiger partial charge on any atom is -0.272 e. The molecule has 0 atom stereocenters. The Kier molecular flexibility index (Phi) is 5.29. The lowest BCUT2D eigenvalue weighted by Crippen LogP contribution is -2.19. The molecule has 1 N–H and O–H groups in total. The van der Waals surface area contributed by atoms with Crippen LogP contribution >= 0.6 is 11.8 Å². The largest absolute Gasteiger partial charge is 0.272 e. The second kappa shape index (κ2) is 7.79. The van der Waals surface area contributed by atoms with E-state index in [2.05, 4.69) is 22.7 Å². The van der Waals surface area contributed by atoms with Crippen molar-refractivity contribution in [1.29, 1.82) is 0 Å². The maximum Gasteiger partial charge on any atom is 0.250 e. The van der Waals surface area contributed by atoms with Gasteiger partial charge in [0.25, 0.3) is 0 Å². The van der Waals surface area contributed by atoms with Crippen molar-refractivity contribution < 1.29 is 4.79 Å². The summed E-state index contributed by atoms with van der Waals surface area (Å²) in [4.78, 5) is 13.0. The Morgan fingerprint density at radius 3 is 2.62 bits per heavy atom. The summed E-state index contributed by atoms with van der Waals surface area (Å²) in [6, 6.07) is 22.3. The minimum atomic E-state index is -0.114. The summed E-state index contributed by atoms with van der Waals surface area (Å²) in [6.45, 7) is 2.04. The molecular weight excluding hydrogens is 316 g/mol. The van der Waals surface area contributed by atoms with E-state index in [1.807, 2.05) is 61.5 Å². The van der Waals surface area contributed by atoms with Crippen LogP contribution in [-0.4, -0.2) is 17.9 Å². The molecule has 0 saturated carbocycles. The number of benzene rings is 3. The fourth-order valence-electron chi connectivity index (χ4n) is 2.35. The number of aryl methyl sites for hydroxylation is 1. The smallest absolute Gasteiger partial charge is 0.250 e. The SMILES string of the molecule is Cc1ccc(SCC(=O)N/N=C\c2cccc3ccccc23)cc1. The van der Waals surface area contributed by atoms with Gasteiger partial charge in [-0.15, -0.1) is 11.8 Å². The highest BCUT2D eigenvalue weighted by Crippen LogP contribution is 2.18. The molecule has 1 amide bonds. The molecule has 3 rings (SSSR count). The Labute approximate surface area is 145 Å². The van der Waals surface area contributed by atoms with E-state index in [1.54, 1.807) is 6.21 Å². The molecular formula is C20H18N2OS. The number of thioether (sulfide) groups is 1. The van der Waals surface area contributed by atoms with E-state index in [1.165, 1.54) is 17.3 Å². The summed E-state index contributed by atoms with van der Waals surface area (Å²) >= 11 is 1.50. The van der Waals surface area contributed by atoms with Gasteiger partial charge in [-0.25, -0.2) is 5.43 Å². The summed E-state index contributed by atoms with van der Waals surface area (Å²) in [7, 11) is 0. The first kappa shape index (κ1) is 16.3. The molecule has 3 nitrogen and oxygen atoms in total. The van der Waals surface area contributed by atoms with Crippen LogP contribution < -0.4 is 5.43 Å². The number of hydrazone groups is 1. The standard InChI is InChI=1S/C20H18N2OS/c1-15-9-11-18(12-10-15)24-14-20(23)22-21-13-17-7-4-6-16-5-2-3-8-19(16)17/h2-13H,14H2,1H3,(H,22,23)/b21-13-. The molecule has 0 saturated heterocycles. The quantitative estimate of drug-likeness (QED) is 0.427. The number of nitrogens with one attached hydrogen (secondary N) is 1. The lowest BCUT2D eigenvalue weighted by atomic mass is 10.1. The first-order chi connectivity index (χ1) is 11.7. The molecule has 0 radical (unpaired) electrons. The van der Waals surface area contributed by atoms with E-state index in [4.69, 9.17) is 0 Å². The predicted molar refractivity (Wildman–Crippen MR) is 102 cm³/mol. The number of hydrogen-bond donors (Lipinski definition) is 1. The van der Waals surface area contributed by atoms with Gasteiger partial charge in [0.2, 0.25) is 5.91 Å². The summed E-state index contributed by atoms with van der Waals surface area (Å²) in [5.74, 6) is 0.229. The number of hydrogen-bond acceptors (Lipinski definition) is 3. The average molecular weight is 334 g/mol. The average Bonchev–Trinajstić information content (AvgIpc) is 2.61. The van der Waals surface area contributed by atoms with Crippen molar-refractivity contribution in [3.63, 3.8) is 0 Å². The molecule has 0 aromatic heterocycles. The van der Waals surface area contributed by atoms with E-state index in [0.717, 1.165) is 21.2 Å². The van der Waals surface area contributed by atoms with Crippen LogP contribution in [0.1, 0.15) is 11.1 Å². The molecule has 0 aliphatic carbocycles. The zero-order chi connectivity index (χ0) is 16.8. The first-order valence-corrected chi connectivity index (χ1v) is 8.70. The molecule has 0 spiro atoms. The van der Waals surface area contributed by atoms with Gasteiger partial charge in [0.15, 0.2) is 0 Å². The summed E-state index contributed by atoms with van der Waals surface area (Å²) in [5, 5.41) is 6.35. The number of carbonyl (C=O) groups is 1. The third-order valence-corrected chi connectivity index (χ3v) is 4.62. The highest BCUT2D eigenvalue weighted by Gasteiger charge is 2.02. The van der Waals surface area contributed by atoms with Crippen LogP contribution in [0, 0.1) is 6.92 Å². The Morgan fingerprint density at radius 1 is 1.04 bits per heavy atom.